The number of benzene rings is 1. The van der Waals surface area contributed by atoms with Gasteiger partial charge in [-0.3, -0.25) is 0 Å². The summed E-state index contributed by atoms with van der Waals surface area (Å²) in [5, 5.41) is 0. The van der Waals surface area contributed by atoms with Crippen LogP contribution in [0, 0.1) is 0 Å². The van der Waals surface area contributed by atoms with Crippen LogP contribution in [-0.4, -0.2) is 10.9 Å². The molecule has 0 fully saturated rings. The first-order chi connectivity index (χ1) is 6.27. The van der Waals surface area contributed by atoms with Crippen molar-refractivity contribution in [2.75, 3.05) is 0 Å². The Kier molecular flexibility index (Phi) is 1.63. The number of aromatic nitrogens is 1. The second kappa shape index (κ2) is 2.78. The number of aliphatic imine (C=N–C) groups is 1. The van der Waals surface area contributed by atoms with Crippen molar-refractivity contribution in [2.24, 2.45) is 16.5 Å². The van der Waals surface area contributed by atoms with E-state index in [1.165, 1.54) is 6.39 Å². The average molecular weight is 176 g/mol. The Labute approximate surface area is 74.1 Å². The van der Waals surface area contributed by atoms with Gasteiger partial charge in [0.05, 0.1) is 0 Å². The molecule has 5 heteroatoms. The number of nitrogens with zero attached hydrogens (tertiary/aromatic N) is 2. The lowest BCUT2D eigenvalue weighted by atomic mass is 10.3. The highest BCUT2D eigenvalue weighted by Crippen LogP contribution is 2.24. The zero-order valence-corrected chi connectivity index (χ0v) is 6.77. The Balaban J connectivity index is 2.68. The standard InChI is InChI=1S/C8H8N4O/c9-8(10)12-6-3-1-2-5-7(6)13-4-11-5/h1-4H,(H4,9,10,12). The van der Waals surface area contributed by atoms with E-state index in [4.69, 9.17) is 15.9 Å². The molecule has 0 bridgehead atoms. The quantitative estimate of drug-likeness (QED) is 0.495. The van der Waals surface area contributed by atoms with Crippen LogP contribution in [0.4, 0.5) is 5.69 Å². The van der Waals surface area contributed by atoms with Crippen molar-refractivity contribution in [3.63, 3.8) is 0 Å². The lowest BCUT2D eigenvalue weighted by Gasteiger charge is -1.94. The van der Waals surface area contributed by atoms with E-state index in [1.54, 1.807) is 6.07 Å². The fraction of sp³-hybridized carbons (Fsp3) is 0. The molecule has 0 atom stereocenters. The van der Waals surface area contributed by atoms with Gasteiger partial charge in [0.2, 0.25) is 0 Å². The Morgan fingerprint density at radius 1 is 1.38 bits per heavy atom. The zero-order chi connectivity index (χ0) is 9.26. The minimum Gasteiger partial charge on any atom is -0.441 e. The second-order valence-electron chi connectivity index (χ2n) is 2.51. The Bertz CT molecular complexity index is 456. The summed E-state index contributed by atoms with van der Waals surface area (Å²) in [7, 11) is 0. The van der Waals surface area contributed by atoms with E-state index >= 15 is 0 Å². The molecule has 0 aliphatic carbocycles. The topological polar surface area (TPSA) is 90.4 Å². The average Bonchev–Trinajstić information content (AvgIpc) is 2.51. The van der Waals surface area contributed by atoms with Crippen LogP contribution in [-0.2, 0) is 0 Å². The van der Waals surface area contributed by atoms with Gasteiger partial charge in [-0.1, -0.05) is 6.07 Å². The second-order valence-corrected chi connectivity index (χ2v) is 2.51. The number of nitrogens with two attached hydrogens (primary N) is 2. The van der Waals surface area contributed by atoms with Gasteiger partial charge < -0.3 is 15.9 Å². The van der Waals surface area contributed by atoms with E-state index in [0.717, 1.165) is 5.52 Å². The maximum atomic E-state index is 5.25. The Morgan fingerprint density at radius 2 is 2.23 bits per heavy atom. The predicted molar refractivity (Wildman–Crippen MR) is 49.5 cm³/mol. The SMILES string of the molecule is NC(N)=Nc1cccc2ncoc12. The molecule has 5 nitrogen and oxygen atoms in total. The summed E-state index contributed by atoms with van der Waals surface area (Å²) >= 11 is 0. The van der Waals surface area contributed by atoms with Crippen molar-refractivity contribution in [2.45, 2.75) is 0 Å². The van der Waals surface area contributed by atoms with E-state index < -0.39 is 0 Å². The minimum absolute atomic E-state index is 0.00361. The fourth-order valence-electron chi connectivity index (χ4n) is 1.10. The first kappa shape index (κ1) is 7.60. The number of hydrogen-bond donors (Lipinski definition) is 2. The van der Waals surface area contributed by atoms with Crippen LogP contribution >= 0.6 is 0 Å². The molecule has 13 heavy (non-hydrogen) atoms. The molecule has 4 N–H and O–H groups in total. The fourth-order valence-corrected chi connectivity index (χ4v) is 1.10. The summed E-state index contributed by atoms with van der Waals surface area (Å²) in [5.74, 6) is 0.00361. The van der Waals surface area contributed by atoms with Crippen LogP contribution in [0.1, 0.15) is 0 Å². The van der Waals surface area contributed by atoms with Crippen LogP contribution in [0.25, 0.3) is 11.1 Å². The Morgan fingerprint density at radius 3 is 3.00 bits per heavy atom. The molecule has 0 radical (unpaired) electrons. The largest absolute Gasteiger partial charge is 0.441 e. The number of hydrogen-bond acceptors (Lipinski definition) is 3. The van der Waals surface area contributed by atoms with Crippen LogP contribution in [0.15, 0.2) is 34.0 Å². The van der Waals surface area contributed by atoms with Crippen LogP contribution in [0.3, 0.4) is 0 Å². The molecule has 0 amide bonds. The molecular formula is C8H8N4O. The third-order valence-corrected chi connectivity index (χ3v) is 1.59. The highest BCUT2D eigenvalue weighted by molar-refractivity contribution is 5.89. The van der Waals surface area contributed by atoms with Crippen molar-refractivity contribution in [1.29, 1.82) is 0 Å². The predicted octanol–water partition coefficient (Wildman–Crippen LogP) is 0.733. The molecule has 0 aliphatic heterocycles. The summed E-state index contributed by atoms with van der Waals surface area (Å²) in [6.07, 6.45) is 1.36. The molecule has 2 rings (SSSR count). The van der Waals surface area contributed by atoms with E-state index in [1.807, 2.05) is 12.1 Å². The maximum absolute atomic E-state index is 5.25. The molecule has 0 unspecified atom stereocenters. The monoisotopic (exact) mass is 176 g/mol. The van der Waals surface area contributed by atoms with Gasteiger partial charge >= 0.3 is 0 Å². The van der Waals surface area contributed by atoms with Crippen LogP contribution < -0.4 is 11.5 Å². The highest BCUT2D eigenvalue weighted by Gasteiger charge is 2.03. The summed E-state index contributed by atoms with van der Waals surface area (Å²) in [5.41, 5.74) is 12.4. The van der Waals surface area contributed by atoms with Crippen molar-refractivity contribution < 1.29 is 4.42 Å². The molecular weight excluding hydrogens is 168 g/mol. The summed E-state index contributed by atoms with van der Waals surface area (Å²) < 4.78 is 5.12. The van der Waals surface area contributed by atoms with E-state index in [9.17, 15) is 0 Å². The van der Waals surface area contributed by atoms with Gasteiger partial charge in [-0.05, 0) is 12.1 Å². The number of fused-ring (bicyclic) bond motifs is 1. The Hall–Kier alpha value is -2.04. The maximum Gasteiger partial charge on any atom is 0.191 e. The van der Waals surface area contributed by atoms with Gasteiger partial charge in [0.25, 0.3) is 0 Å². The van der Waals surface area contributed by atoms with Crippen molar-refractivity contribution in [3.8, 4) is 0 Å². The molecule has 66 valence electrons. The highest BCUT2D eigenvalue weighted by atomic mass is 16.3. The number of para-hydroxylation sites is 1. The third-order valence-electron chi connectivity index (χ3n) is 1.59. The van der Waals surface area contributed by atoms with Gasteiger partial charge in [0, 0.05) is 0 Å². The van der Waals surface area contributed by atoms with Gasteiger partial charge in [0.1, 0.15) is 11.2 Å². The smallest absolute Gasteiger partial charge is 0.191 e. The number of oxazole rings is 1. The van der Waals surface area contributed by atoms with E-state index in [0.29, 0.717) is 11.3 Å². The lowest BCUT2D eigenvalue weighted by Crippen LogP contribution is -2.21. The molecule has 1 aromatic carbocycles. The molecule has 2 aromatic rings. The van der Waals surface area contributed by atoms with E-state index in [2.05, 4.69) is 9.98 Å². The summed E-state index contributed by atoms with van der Waals surface area (Å²) in [4.78, 5) is 7.87. The summed E-state index contributed by atoms with van der Waals surface area (Å²) in [6, 6.07) is 5.39. The molecule has 1 heterocycles. The summed E-state index contributed by atoms with van der Waals surface area (Å²) in [6.45, 7) is 0. The first-order valence-corrected chi connectivity index (χ1v) is 3.69. The van der Waals surface area contributed by atoms with Gasteiger partial charge in [-0.15, -0.1) is 0 Å². The minimum atomic E-state index is 0.00361. The molecule has 0 spiro atoms. The van der Waals surface area contributed by atoms with E-state index in [-0.39, 0.29) is 5.96 Å². The van der Waals surface area contributed by atoms with Crippen molar-refractivity contribution >= 4 is 22.7 Å². The van der Waals surface area contributed by atoms with Crippen molar-refractivity contribution in [1.82, 2.24) is 4.98 Å². The normalized spacial score (nSPS) is 10.2. The van der Waals surface area contributed by atoms with Crippen LogP contribution in [0.2, 0.25) is 0 Å². The molecule has 0 aliphatic rings. The van der Waals surface area contributed by atoms with Gasteiger partial charge in [-0.25, -0.2) is 9.98 Å². The zero-order valence-electron chi connectivity index (χ0n) is 6.77. The lowest BCUT2D eigenvalue weighted by molar-refractivity contribution is 0.602. The van der Waals surface area contributed by atoms with Gasteiger partial charge in [-0.2, -0.15) is 0 Å². The first-order valence-electron chi connectivity index (χ1n) is 3.69. The molecule has 0 saturated heterocycles. The van der Waals surface area contributed by atoms with Crippen molar-refractivity contribution in [3.05, 3.63) is 24.6 Å². The molecule has 0 saturated carbocycles. The third kappa shape index (κ3) is 1.31. The number of rotatable bonds is 1. The molecule has 1 aromatic heterocycles. The van der Waals surface area contributed by atoms with Gasteiger partial charge in [0.15, 0.2) is 17.9 Å². The van der Waals surface area contributed by atoms with Crippen LogP contribution in [0.5, 0.6) is 0 Å². The number of guanidine groups is 1.